The van der Waals surface area contributed by atoms with Crippen molar-refractivity contribution in [3.8, 4) is 0 Å². The molecule has 0 spiro atoms. The van der Waals surface area contributed by atoms with Crippen LogP contribution in [0.4, 0.5) is 13.2 Å². The van der Waals surface area contributed by atoms with Gasteiger partial charge in [0.1, 0.15) is 0 Å². The molecule has 0 aliphatic carbocycles. The van der Waals surface area contributed by atoms with E-state index in [0.717, 1.165) is 0 Å². The van der Waals surface area contributed by atoms with Crippen LogP contribution < -0.4 is 5.32 Å². The van der Waals surface area contributed by atoms with Crippen LogP contribution in [0.5, 0.6) is 0 Å². The Labute approximate surface area is 86.7 Å². The molecule has 0 aromatic carbocycles. The Morgan fingerprint density at radius 2 is 1.80 bits per heavy atom. The van der Waals surface area contributed by atoms with E-state index in [9.17, 15) is 18.0 Å². The van der Waals surface area contributed by atoms with E-state index >= 15 is 0 Å². The van der Waals surface area contributed by atoms with Gasteiger partial charge in [0.15, 0.2) is 0 Å². The average Bonchev–Trinajstić information content (AvgIpc) is 1.98. The zero-order chi connectivity index (χ0) is 12.2. The Balaban J connectivity index is 4.07. The van der Waals surface area contributed by atoms with Crippen molar-refractivity contribution in [1.29, 1.82) is 0 Å². The number of hydrogen-bond acceptors (Lipinski definition) is 2. The van der Waals surface area contributed by atoms with Crippen molar-refractivity contribution in [2.45, 2.75) is 45.5 Å². The Morgan fingerprint density at radius 3 is 2.13 bits per heavy atom. The molecule has 0 aliphatic heterocycles. The maximum atomic E-state index is 12.0. The van der Waals surface area contributed by atoms with Crippen molar-refractivity contribution in [1.82, 2.24) is 5.32 Å². The second-order valence-corrected chi connectivity index (χ2v) is 3.80. The Bertz CT molecular complexity index is 218. The van der Waals surface area contributed by atoms with Gasteiger partial charge in [-0.25, -0.2) is 0 Å². The summed E-state index contributed by atoms with van der Waals surface area (Å²) in [6.45, 7) is 4.41. The van der Waals surface area contributed by atoms with E-state index in [-0.39, 0.29) is 0 Å². The van der Waals surface area contributed by atoms with E-state index in [2.05, 4.69) is 5.32 Å². The summed E-state index contributed by atoms with van der Waals surface area (Å²) in [5.74, 6) is -1.73. The number of halogens is 3. The standard InChI is InChI=1S/C9H16F3NO2/c1-5(4-9(10,11)12)13-7(3)6(2)8(14)15/h5-7,13H,4H2,1-3H3,(H,14,15). The molecule has 15 heavy (non-hydrogen) atoms. The first-order valence-corrected chi connectivity index (χ1v) is 4.69. The van der Waals surface area contributed by atoms with Crippen molar-refractivity contribution in [3.05, 3.63) is 0 Å². The Kier molecular flexibility index (Phi) is 5.07. The predicted octanol–water partition coefficient (Wildman–Crippen LogP) is 2.03. The van der Waals surface area contributed by atoms with Gasteiger partial charge in [-0.1, -0.05) is 6.92 Å². The smallest absolute Gasteiger partial charge is 0.390 e. The molecule has 0 aliphatic rings. The third-order valence-corrected chi connectivity index (χ3v) is 2.22. The number of carbonyl (C=O) groups is 1. The van der Waals surface area contributed by atoms with Crippen LogP contribution in [0.25, 0.3) is 0 Å². The van der Waals surface area contributed by atoms with Crippen LogP contribution in [0.15, 0.2) is 0 Å². The van der Waals surface area contributed by atoms with Crippen molar-refractivity contribution in [2.75, 3.05) is 0 Å². The van der Waals surface area contributed by atoms with Crippen molar-refractivity contribution < 1.29 is 23.1 Å². The van der Waals surface area contributed by atoms with Gasteiger partial charge in [0.25, 0.3) is 0 Å². The highest BCUT2D eigenvalue weighted by Crippen LogP contribution is 2.21. The molecule has 6 heteroatoms. The van der Waals surface area contributed by atoms with Crippen LogP contribution in [0.2, 0.25) is 0 Å². The first kappa shape index (κ1) is 14.2. The fraction of sp³-hybridized carbons (Fsp3) is 0.889. The lowest BCUT2D eigenvalue weighted by Crippen LogP contribution is -2.42. The summed E-state index contributed by atoms with van der Waals surface area (Å²) in [6, 6.07) is -1.26. The van der Waals surface area contributed by atoms with Crippen LogP contribution in [0, 0.1) is 5.92 Å². The summed E-state index contributed by atoms with van der Waals surface area (Å²) in [7, 11) is 0. The quantitative estimate of drug-likeness (QED) is 0.755. The zero-order valence-corrected chi connectivity index (χ0v) is 8.93. The minimum absolute atomic E-state index is 0.486. The number of carboxylic acids is 1. The number of aliphatic carboxylic acids is 1. The molecule has 0 aromatic rings. The minimum atomic E-state index is -4.22. The summed E-state index contributed by atoms with van der Waals surface area (Å²) in [5, 5.41) is 11.3. The maximum Gasteiger partial charge on any atom is 0.390 e. The summed E-state index contributed by atoms with van der Waals surface area (Å²) in [5.41, 5.74) is 0. The summed E-state index contributed by atoms with van der Waals surface area (Å²) in [4.78, 5) is 10.5. The Morgan fingerprint density at radius 1 is 1.33 bits per heavy atom. The lowest BCUT2D eigenvalue weighted by Gasteiger charge is -2.23. The van der Waals surface area contributed by atoms with Crippen LogP contribution >= 0.6 is 0 Å². The van der Waals surface area contributed by atoms with Gasteiger partial charge in [0, 0.05) is 12.1 Å². The van der Waals surface area contributed by atoms with E-state index in [1.54, 1.807) is 6.92 Å². The molecule has 2 N–H and O–H groups in total. The highest BCUT2D eigenvalue weighted by Gasteiger charge is 2.31. The summed E-state index contributed by atoms with van der Waals surface area (Å²) >= 11 is 0. The van der Waals surface area contributed by atoms with Crippen LogP contribution in [0.1, 0.15) is 27.2 Å². The third kappa shape index (κ3) is 6.33. The number of hydrogen-bond donors (Lipinski definition) is 2. The molecule has 3 nitrogen and oxygen atoms in total. The fourth-order valence-corrected chi connectivity index (χ4v) is 1.21. The van der Waals surface area contributed by atoms with Gasteiger partial charge in [0.2, 0.25) is 0 Å². The summed E-state index contributed by atoms with van der Waals surface area (Å²) in [6.07, 6.45) is -5.18. The highest BCUT2D eigenvalue weighted by atomic mass is 19.4. The van der Waals surface area contributed by atoms with Crippen molar-refractivity contribution in [2.24, 2.45) is 5.92 Å². The summed E-state index contributed by atoms with van der Waals surface area (Å²) < 4.78 is 35.9. The number of alkyl halides is 3. The molecule has 0 saturated carbocycles. The van der Waals surface area contributed by atoms with E-state index in [0.29, 0.717) is 0 Å². The highest BCUT2D eigenvalue weighted by molar-refractivity contribution is 5.70. The van der Waals surface area contributed by atoms with Gasteiger partial charge in [-0.15, -0.1) is 0 Å². The number of carboxylic acid groups (broad SMARTS) is 1. The minimum Gasteiger partial charge on any atom is -0.481 e. The number of rotatable bonds is 5. The predicted molar refractivity (Wildman–Crippen MR) is 49.5 cm³/mol. The monoisotopic (exact) mass is 227 g/mol. The molecule has 0 aromatic heterocycles. The molecule has 90 valence electrons. The van der Waals surface area contributed by atoms with Gasteiger partial charge < -0.3 is 10.4 Å². The first-order chi connectivity index (χ1) is 6.63. The second kappa shape index (κ2) is 5.34. The van der Waals surface area contributed by atoms with Crippen LogP contribution in [-0.2, 0) is 4.79 Å². The van der Waals surface area contributed by atoms with Gasteiger partial charge in [-0.2, -0.15) is 13.2 Å². The molecular weight excluding hydrogens is 211 g/mol. The molecule has 0 fully saturated rings. The lowest BCUT2D eigenvalue weighted by molar-refractivity contribution is -0.143. The normalized spacial score (nSPS) is 18.3. The molecular formula is C9H16F3NO2. The number of nitrogens with one attached hydrogen (secondary N) is 1. The molecule has 0 heterocycles. The van der Waals surface area contributed by atoms with Gasteiger partial charge >= 0.3 is 12.1 Å². The molecule has 3 unspecified atom stereocenters. The molecule has 0 saturated heterocycles. The molecule has 3 atom stereocenters. The first-order valence-electron chi connectivity index (χ1n) is 4.69. The largest absolute Gasteiger partial charge is 0.481 e. The average molecular weight is 227 g/mol. The van der Waals surface area contributed by atoms with Crippen LogP contribution in [-0.4, -0.2) is 29.3 Å². The maximum absolute atomic E-state index is 12.0. The molecule has 0 amide bonds. The van der Waals surface area contributed by atoms with E-state index < -0.39 is 36.6 Å². The molecule has 0 rings (SSSR count). The van der Waals surface area contributed by atoms with Crippen molar-refractivity contribution in [3.63, 3.8) is 0 Å². The third-order valence-electron chi connectivity index (χ3n) is 2.22. The van der Waals surface area contributed by atoms with E-state index in [1.807, 2.05) is 0 Å². The zero-order valence-electron chi connectivity index (χ0n) is 8.93. The van der Waals surface area contributed by atoms with E-state index in [4.69, 9.17) is 5.11 Å². The lowest BCUT2D eigenvalue weighted by atomic mass is 10.0. The fourth-order valence-electron chi connectivity index (χ4n) is 1.21. The second-order valence-electron chi connectivity index (χ2n) is 3.80. The van der Waals surface area contributed by atoms with Gasteiger partial charge in [0.05, 0.1) is 12.3 Å². The molecule has 0 radical (unpaired) electrons. The van der Waals surface area contributed by atoms with Crippen molar-refractivity contribution >= 4 is 5.97 Å². The molecule has 0 bridgehead atoms. The SMILES string of the molecule is CC(CC(F)(F)F)NC(C)C(C)C(=O)O. The topological polar surface area (TPSA) is 49.3 Å². The van der Waals surface area contributed by atoms with E-state index in [1.165, 1.54) is 13.8 Å². The van der Waals surface area contributed by atoms with Gasteiger partial charge in [-0.05, 0) is 13.8 Å². The van der Waals surface area contributed by atoms with Gasteiger partial charge in [-0.3, -0.25) is 4.79 Å². The Hall–Kier alpha value is -0.780. The van der Waals surface area contributed by atoms with Crippen LogP contribution in [0.3, 0.4) is 0 Å².